The highest BCUT2D eigenvalue weighted by Crippen LogP contribution is 2.20. The summed E-state index contributed by atoms with van der Waals surface area (Å²) in [5.41, 5.74) is 5.54. The van der Waals surface area contributed by atoms with Gasteiger partial charge in [-0.2, -0.15) is 0 Å². The van der Waals surface area contributed by atoms with Crippen LogP contribution in [0.15, 0.2) is 24.3 Å². The average Bonchev–Trinajstić information content (AvgIpc) is 2.42. The average molecular weight is 258 g/mol. The van der Waals surface area contributed by atoms with E-state index in [4.69, 9.17) is 0 Å². The zero-order chi connectivity index (χ0) is 13.7. The van der Waals surface area contributed by atoms with Crippen molar-refractivity contribution in [3.8, 4) is 0 Å². The van der Waals surface area contributed by atoms with Gasteiger partial charge in [0, 0.05) is 32.7 Å². The Balaban J connectivity index is 1.92. The van der Waals surface area contributed by atoms with E-state index in [0.29, 0.717) is 0 Å². The van der Waals surface area contributed by atoms with E-state index in [1.807, 2.05) is 0 Å². The Labute approximate surface area is 117 Å². The van der Waals surface area contributed by atoms with E-state index >= 15 is 0 Å². The third-order valence-corrected chi connectivity index (χ3v) is 3.92. The highest BCUT2D eigenvalue weighted by molar-refractivity contribution is 5.67. The van der Waals surface area contributed by atoms with Gasteiger partial charge in [0.05, 0.1) is 0 Å². The van der Waals surface area contributed by atoms with E-state index in [0.717, 1.165) is 19.5 Å². The molecule has 1 fully saturated rings. The third kappa shape index (κ3) is 4.19. The van der Waals surface area contributed by atoms with Crippen LogP contribution in [-0.4, -0.2) is 37.6 Å². The second-order valence-electron chi connectivity index (χ2n) is 5.59. The predicted molar refractivity (Wildman–Crippen MR) is 83.5 cm³/mol. The molecule has 0 spiro atoms. The monoisotopic (exact) mass is 258 g/mol. The molecule has 1 aromatic carbocycles. The minimum atomic E-state index is 1.14. The summed E-state index contributed by atoms with van der Waals surface area (Å²) >= 11 is 0. The fourth-order valence-corrected chi connectivity index (χ4v) is 2.67. The first-order valence-corrected chi connectivity index (χ1v) is 7.34. The van der Waals surface area contributed by atoms with Crippen LogP contribution in [0.4, 0.5) is 0 Å². The van der Waals surface area contributed by atoms with Crippen molar-refractivity contribution in [2.75, 3.05) is 32.7 Å². The summed E-state index contributed by atoms with van der Waals surface area (Å²) in [6.45, 7) is 12.4. The van der Waals surface area contributed by atoms with E-state index in [-0.39, 0.29) is 0 Å². The number of benzene rings is 1. The summed E-state index contributed by atoms with van der Waals surface area (Å²) in [6, 6.07) is 6.71. The summed E-state index contributed by atoms with van der Waals surface area (Å²) in [7, 11) is 0. The number of hydrogen-bond donors (Lipinski definition) is 1. The standard InChI is InChI=1S/C17H26N2/c1-14-6-7-16(3)17(13-14)15(2)5-4-10-19-11-8-18-9-12-19/h5-7,13,18H,4,8-12H2,1-3H3/b15-5+. The molecule has 0 radical (unpaired) electrons. The van der Waals surface area contributed by atoms with E-state index < -0.39 is 0 Å². The largest absolute Gasteiger partial charge is 0.314 e. The normalized spacial score (nSPS) is 17.7. The van der Waals surface area contributed by atoms with Crippen molar-refractivity contribution in [1.82, 2.24) is 10.2 Å². The van der Waals surface area contributed by atoms with Gasteiger partial charge in [0.1, 0.15) is 0 Å². The summed E-state index contributed by atoms with van der Waals surface area (Å²) < 4.78 is 0. The zero-order valence-electron chi connectivity index (χ0n) is 12.5. The van der Waals surface area contributed by atoms with Gasteiger partial charge in [0.15, 0.2) is 0 Å². The first-order valence-electron chi connectivity index (χ1n) is 7.34. The predicted octanol–water partition coefficient (Wildman–Crippen LogP) is 3.00. The van der Waals surface area contributed by atoms with Gasteiger partial charge in [-0.25, -0.2) is 0 Å². The van der Waals surface area contributed by atoms with Crippen LogP contribution in [0.25, 0.3) is 5.57 Å². The van der Waals surface area contributed by atoms with Crippen LogP contribution in [0.2, 0.25) is 0 Å². The van der Waals surface area contributed by atoms with Crippen LogP contribution in [0.3, 0.4) is 0 Å². The van der Waals surface area contributed by atoms with Crippen LogP contribution in [-0.2, 0) is 0 Å². The molecular weight excluding hydrogens is 232 g/mol. The van der Waals surface area contributed by atoms with Gasteiger partial charge < -0.3 is 10.2 Å². The maximum atomic E-state index is 3.40. The number of nitrogens with one attached hydrogen (secondary N) is 1. The van der Waals surface area contributed by atoms with Crippen LogP contribution in [0.1, 0.15) is 30.0 Å². The number of rotatable bonds is 4. The van der Waals surface area contributed by atoms with Crippen molar-refractivity contribution in [3.63, 3.8) is 0 Å². The molecule has 1 saturated heterocycles. The van der Waals surface area contributed by atoms with Gasteiger partial charge in [0.25, 0.3) is 0 Å². The van der Waals surface area contributed by atoms with Crippen molar-refractivity contribution in [1.29, 1.82) is 0 Å². The van der Waals surface area contributed by atoms with Gasteiger partial charge in [-0.3, -0.25) is 0 Å². The fraction of sp³-hybridized carbons (Fsp3) is 0.529. The number of aryl methyl sites for hydroxylation is 2. The van der Waals surface area contributed by atoms with Gasteiger partial charge >= 0.3 is 0 Å². The van der Waals surface area contributed by atoms with Crippen molar-refractivity contribution >= 4 is 5.57 Å². The lowest BCUT2D eigenvalue weighted by Gasteiger charge is -2.26. The summed E-state index contributed by atoms with van der Waals surface area (Å²) in [5.74, 6) is 0. The molecule has 1 aliphatic rings. The van der Waals surface area contributed by atoms with Crippen LogP contribution >= 0.6 is 0 Å². The van der Waals surface area contributed by atoms with Crippen LogP contribution < -0.4 is 5.32 Å². The van der Waals surface area contributed by atoms with E-state index in [1.165, 1.54) is 41.9 Å². The van der Waals surface area contributed by atoms with Gasteiger partial charge in [-0.05, 0) is 43.9 Å². The molecule has 0 amide bonds. The Bertz CT molecular complexity index is 443. The first-order chi connectivity index (χ1) is 9.16. The molecule has 2 nitrogen and oxygen atoms in total. The summed E-state index contributed by atoms with van der Waals surface area (Å²) in [4.78, 5) is 2.55. The van der Waals surface area contributed by atoms with Crippen molar-refractivity contribution in [3.05, 3.63) is 41.0 Å². The molecule has 0 aliphatic carbocycles. The maximum Gasteiger partial charge on any atom is 0.0107 e. The highest BCUT2D eigenvalue weighted by Gasteiger charge is 2.08. The van der Waals surface area contributed by atoms with E-state index in [9.17, 15) is 0 Å². The molecule has 0 aromatic heterocycles. The van der Waals surface area contributed by atoms with Crippen molar-refractivity contribution < 1.29 is 0 Å². The SMILES string of the molecule is C/C(=C\CCN1CCNCC1)c1cc(C)ccc1C. The molecule has 1 aliphatic heterocycles. The van der Waals surface area contributed by atoms with Gasteiger partial charge in [-0.1, -0.05) is 29.8 Å². The Morgan fingerprint density at radius 1 is 1.26 bits per heavy atom. The fourth-order valence-electron chi connectivity index (χ4n) is 2.67. The molecule has 0 atom stereocenters. The molecule has 0 unspecified atom stereocenters. The number of piperazine rings is 1. The van der Waals surface area contributed by atoms with E-state index in [1.54, 1.807) is 0 Å². The summed E-state index contributed by atoms with van der Waals surface area (Å²) in [5, 5.41) is 3.40. The molecule has 104 valence electrons. The molecule has 0 saturated carbocycles. The molecular formula is C17H26N2. The molecule has 1 N–H and O–H groups in total. The van der Waals surface area contributed by atoms with Crippen molar-refractivity contribution in [2.45, 2.75) is 27.2 Å². The van der Waals surface area contributed by atoms with Crippen molar-refractivity contribution in [2.24, 2.45) is 0 Å². The quantitative estimate of drug-likeness (QED) is 0.893. The molecule has 0 bridgehead atoms. The minimum Gasteiger partial charge on any atom is -0.314 e. The lowest BCUT2D eigenvalue weighted by atomic mass is 9.99. The Kier molecular flexibility index (Phi) is 5.17. The first kappa shape index (κ1) is 14.3. The Morgan fingerprint density at radius 2 is 2.00 bits per heavy atom. The maximum absolute atomic E-state index is 3.40. The lowest BCUT2D eigenvalue weighted by molar-refractivity contribution is 0.245. The van der Waals surface area contributed by atoms with Crippen LogP contribution in [0.5, 0.6) is 0 Å². The van der Waals surface area contributed by atoms with Gasteiger partial charge in [-0.15, -0.1) is 0 Å². The third-order valence-electron chi connectivity index (χ3n) is 3.92. The van der Waals surface area contributed by atoms with E-state index in [2.05, 4.69) is 55.3 Å². The van der Waals surface area contributed by atoms with Gasteiger partial charge in [0.2, 0.25) is 0 Å². The minimum absolute atomic E-state index is 1.14. The summed E-state index contributed by atoms with van der Waals surface area (Å²) in [6.07, 6.45) is 3.54. The second-order valence-corrected chi connectivity index (χ2v) is 5.59. The lowest BCUT2D eigenvalue weighted by Crippen LogP contribution is -2.43. The molecule has 1 aromatic rings. The molecule has 19 heavy (non-hydrogen) atoms. The smallest absolute Gasteiger partial charge is 0.0107 e. The molecule has 2 rings (SSSR count). The number of nitrogens with zero attached hydrogens (tertiary/aromatic N) is 1. The van der Waals surface area contributed by atoms with Crippen LogP contribution in [0, 0.1) is 13.8 Å². The molecule has 2 heteroatoms. The second kappa shape index (κ2) is 6.88. The Morgan fingerprint density at radius 3 is 2.74 bits per heavy atom. The number of allylic oxidation sites excluding steroid dienone is 1. The Hall–Kier alpha value is -1.12. The zero-order valence-corrected chi connectivity index (χ0v) is 12.5. The number of hydrogen-bond acceptors (Lipinski definition) is 2. The topological polar surface area (TPSA) is 15.3 Å². The molecule has 1 heterocycles. The highest BCUT2D eigenvalue weighted by atomic mass is 15.2.